The Morgan fingerprint density at radius 2 is 2.06 bits per heavy atom. The number of morpholine rings is 1. The molecule has 3 unspecified atom stereocenters. The molecule has 1 heterocycles. The van der Waals surface area contributed by atoms with Crippen LogP contribution in [0.1, 0.15) is 26.2 Å². The van der Waals surface area contributed by atoms with Gasteiger partial charge in [0.05, 0.1) is 24.5 Å². The van der Waals surface area contributed by atoms with Gasteiger partial charge < -0.3 is 14.7 Å². The lowest BCUT2D eigenvalue weighted by atomic mass is 9.73. The third kappa shape index (κ3) is 2.44. The van der Waals surface area contributed by atoms with Crippen LogP contribution in [0.3, 0.4) is 0 Å². The molecule has 0 aromatic rings. The summed E-state index contributed by atoms with van der Waals surface area (Å²) in [6.45, 7) is 3.80. The predicted octanol–water partition coefficient (Wildman–Crippen LogP) is 0.735. The second-order valence-electron chi connectivity index (χ2n) is 4.81. The minimum atomic E-state index is -0.838. The van der Waals surface area contributed by atoms with E-state index in [1.54, 1.807) is 4.90 Å². The smallest absolute Gasteiger partial charge is 0.307 e. The van der Waals surface area contributed by atoms with E-state index in [0.717, 1.165) is 6.42 Å². The Labute approximate surface area is 101 Å². The molecule has 5 heteroatoms. The van der Waals surface area contributed by atoms with Crippen molar-refractivity contribution in [1.82, 2.24) is 4.90 Å². The maximum absolute atomic E-state index is 12.2. The zero-order valence-corrected chi connectivity index (χ0v) is 10.1. The molecule has 0 bridgehead atoms. The summed E-state index contributed by atoms with van der Waals surface area (Å²) in [6.07, 6.45) is 2.34. The molecular weight excluding hydrogens is 222 g/mol. The topological polar surface area (TPSA) is 66.8 Å². The van der Waals surface area contributed by atoms with Gasteiger partial charge in [-0.1, -0.05) is 6.92 Å². The van der Waals surface area contributed by atoms with Crippen molar-refractivity contribution in [2.45, 2.75) is 32.3 Å². The van der Waals surface area contributed by atoms with E-state index in [1.165, 1.54) is 0 Å². The number of carboxylic acids is 1. The van der Waals surface area contributed by atoms with Crippen LogP contribution < -0.4 is 0 Å². The van der Waals surface area contributed by atoms with Crippen molar-refractivity contribution in [1.29, 1.82) is 0 Å². The highest BCUT2D eigenvalue weighted by atomic mass is 16.5. The quantitative estimate of drug-likeness (QED) is 0.791. The van der Waals surface area contributed by atoms with Gasteiger partial charge in [-0.05, 0) is 19.3 Å². The Morgan fingerprint density at radius 3 is 2.59 bits per heavy atom. The van der Waals surface area contributed by atoms with Crippen LogP contribution in [-0.2, 0) is 14.3 Å². The second kappa shape index (κ2) is 5.04. The summed E-state index contributed by atoms with van der Waals surface area (Å²) >= 11 is 0. The van der Waals surface area contributed by atoms with Gasteiger partial charge in [0.15, 0.2) is 0 Å². The van der Waals surface area contributed by atoms with Gasteiger partial charge in [0.25, 0.3) is 0 Å². The number of hydrogen-bond donors (Lipinski definition) is 1. The molecule has 3 atom stereocenters. The predicted molar refractivity (Wildman–Crippen MR) is 60.5 cm³/mol. The van der Waals surface area contributed by atoms with Crippen LogP contribution in [0, 0.1) is 11.8 Å². The Morgan fingerprint density at radius 1 is 1.35 bits per heavy atom. The maximum atomic E-state index is 12.2. The lowest BCUT2D eigenvalue weighted by Crippen LogP contribution is -2.51. The molecule has 96 valence electrons. The molecule has 2 fully saturated rings. The molecule has 2 rings (SSSR count). The summed E-state index contributed by atoms with van der Waals surface area (Å²) in [6, 6.07) is 0. The Balaban J connectivity index is 1.93. The number of ether oxygens (including phenoxy) is 1. The van der Waals surface area contributed by atoms with E-state index in [9.17, 15) is 9.59 Å². The number of nitrogens with zero attached hydrogens (tertiary/aromatic N) is 1. The number of rotatable bonds is 3. The first-order chi connectivity index (χ1) is 8.13. The van der Waals surface area contributed by atoms with E-state index >= 15 is 0 Å². The summed E-state index contributed by atoms with van der Waals surface area (Å²) in [7, 11) is 0. The van der Waals surface area contributed by atoms with Crippen LogP contribution in [0.15, 0.2) is 0 Å². The SMILES string of the molecule is CCC1CN(C(=O)C2CCC2C(=O)O)CCO1. The van der Waals surface area contributed by atoms with Crippen molar-refractivity contribution in [2.75, 3.05) is 19.7 Å². The van der Waals surface area contributed by atoms with E-state index in [2.05, 4.69) is 0 Å². The molecule has 5 nitrogen and oxygen atoms in total. The van der Waals surface area contributed by atoms with Gasteiger partial charge in [-0.15, -0.1) is 0 Å². The number of carboxylic acid groups (broad SMARTS) is 1. The fraction of sp³-hybridized carbons (Fsp3) is 0.833. The summed E-state index contributed by atoms with van der Waals surface area (Å²) in [5, 5.41) is 8.95. The first kappa shape index (κ1) is 12.4. The Kier molecular flexibility index (Phi) is 3.66. The lowest BCUT2D eigenvalue weighted by molar-refractivity contribution is -0.160. The first-order valence-electron chi connectivity index (χ1n) is 6.26. The van der Waals surface area contributed by atoms with Gasteiger partial charge in [0.1, 0.15) is 0 Å². The number of carbonyl (C=O) groups is 2. The van der Waals surface area contributed by atoms with Crippen molar-refractivity contribution in [3.05, 3.63) is 0 Å². The summed E-state index contributed by atoms with van der Waals surface area (Å²) in [4.78, 5) is 24.8. The molecule has 1 aliphatic heterocycles. The highest BCUT2D eigenvalue weighted by molar-refractivity contribution is 5.86. The van der Waals surface area contributed by atoms with E-state index in [1.807, 2.05) is 6.92 Å². The largest absolute Gasteiger partial charge is 0.481 e. The van der Waals surface area contributed by atoms with Crippen LogP contribution in [0.5, 0.6) is 0 Å². The van der Waals surface area contributed by atoms with E-state index < -0.39 is 11.9 Å². The van der Waals surface area contributed by atoms with E-state index in [-0.39, 0.29) is 17.9 Å². The van der Waals surface area contributed by atoms with Crippen LogP contribution in [0.2, 0.25) is 0 Å². The number of carbonyl (C=O) groups excluding carboxylic acids is 1. The monoisotopic (exact) mass is 241 g/mol. The average Bonchev–Trinajstić information content (AvgIpc) is 2.26. The van der Waals surface area contributed by atoms with Gasteiger partial charge in [0, 0.05) is 13.1 Å². The van der Waals surface area contributed by atoms with Crippen LogP contribution in [0.25, 0.3) is 0 Å². The van der Waals surface area contributed by atoms with Crippen molar-refractivity contribution in [2.24, 2.45) is 11.8 Å². The zero-order valence-electron chi connectivity index (χ0n) is 10.1. The third-order valence-corrected chi connectivity index (χ3v) is 3.81. The van der Waals surface area contributed by atoms with Crippen molar-refractivity contribution >= 4 is 11.9 Å². The first-order valence-corrected chi connectivity index (χ1v) is 6.26. The van der Waals surface area contributed by atoms with Crippen LogP contribution in [-0.4, -0.2) is 47.7 Å². The standard InChI is InChI=1S/C12H19NO4/c1-2-8-7-13(5-6-17-8)11(14)9-3-4-10(9)12(15)16/h8-10H,2-7H2,1H3,(H,15,16). The molecule has 1 N–H and O–H groups in total. The zero-order chi connectivity index (χ0) is 12.4. The maximum Gasteiger partial charge on any atom is 0.307 e. The fourth-order valence-electron chi connectivity index (χ4n) is 2.49. The highest BCUT2D eigenvalue weighted by Gasteiger charge is 2.43. The molecule has 1 saturated heterocycles. The summed E-state index contributed by atoms with van der Waals surface area (Å²) in [5.41, 5.74) is 0. The van der Waals surface area contributed by atoms with Crippen molar-refractivity contribution in [3.8, 4) is 0 Å². The molecule has 1 saturated carbocycles. The normalized spacial score (nSPS) is 33.0. The average molecular weight is 241 g/mol. The molecule has 0 aromatic carbocycles. The van der Waals surface area contributed by atoms with Gasteiger partial charge in [-0.3, -0.25) is 9.59 Å². The van der Waals surface area contributed by atoms with E-state index in [0.29, 0.717) is 32.5 Å². The number of aliphatic carboxylic acids is 1. The van der Waals surface area contributed by atoms with Gasteiger partial charge in [-0.25, -0.2) is 0 Å². The summed E-state index contributed by atoms with van der Waals surface area (Å²) < 4.78 is 5.50. The van der Waals surface area contributed by atoms with Crippen LogP contribution >= 0.6 is 0 Å². The lowest BCUT2D eigenvalue weighted by Gasteiger charge is -2.39. The molecule has 1 amide bonds. The minimum absolute atomic E-state index is 0.00500. The Hall–Kier alpha value is -1.10. The minimum Gasteiger partial charge on any atom is -0.481 e. The van der Waals surface area contributed by atoms with Crippen LogP contribution in [0.4, 0.5) is 0 Å². The molecule has 0 spiro atoms. The Bertz CT molecular complexity index is 318. The summed E-state index contributed by atoms with van der Waals surface area (Å²) in [5.74, 6) is -1.60. The fourth-order valence-corrected chi connectivity index (χ4v) is 2.49. The highest BCUT2D eigenvalue weighted by Crippen LogP contribution is 2.36. The molecular formula is C12H19NO4. The molecule has 2 aliphatic rings. The molecule has 0 aromatic heterocycles. The molecule has 17 heavy (non-hydrogen) atoms. The molecule has 0 radical (unpaired) electrons. The molecule has 1 aliphatic carbocycles. The van der Waals surface area contributed by atoms with Crippen molar-refractivity contribution < 1.29 is 19.4 Å². The third-order valence-electron chi connectivity index (χ3n) is 3.81. The van der Waals surface area contributed by atoms with Gasteiger partial charge >= 0.3 is 5.97 Å². The number of hydrogen-bond acceptors (Lipinski definition) is 3. The second-order valence-corrected chi connectivity index (χ2v) is 4.81. The van der Waals surface area contributed by atoms with Gasteiger partial charge in [0.2, 0.25) is 5.91 Å². The van der Waals surface area contributed by atoms with Crippen molar-refractivity contribution in [3.63, 3.8) is 0 Å². The van der Waals surface area contributed by atoms with E-state index in [4.69, 9.17) is 9.84 Å². The number of amides is 1. The van der Waals surface area contributed by atoms with Gasteiger partial charge in [-0.2, -0.15) is 0 Å².